The molecule has 0 saturated heterocycles. The Kier molecular flexibility index (Phi) is 6.38. The molecule has 9 heteroatoms. The van der Waals surface area contributed by atoms with Crippen molar-refractivity contribution in [2.24, 2.45) is 5.92 Å². The van der Waals surface area contributed by atoms with E-state index in [2.05, 4.69) is 25.9 Å². The van der Waals surface area contributed by atoms with Crippen LogP contribution in [0.5, 0.6) is 11.5 Å². The summed E-state index contributed by atoms with van der Waals surface area (Å²) in [6.07, 6.45) is 5.20. The lowest BCUT2D eigenvalue weighted by Gasteiger charge is -2.12. The SMILES string of the molecule is CC(=O)Nc1cc(Oc2ccc(NC(=O)NC(=O)C3CCCC3)nc2C)ccn1. The molecule has 4 amide bonds. The number of hydrogen-bond acceptors (Lipinski definition) is 6. The first-order chi connectivity index (χ1) is 13.9. The number of nitrogens with one attached hydrogen (secondary N) is 3. The third kappa shape index (κ3) is 5.74. The number of amides is 4. The van der Waals surface area contributed by atoms with Crippen molar-refractivity contribution in [1.29, 1.82) is 0 Å². The van der Waals surface area contributed by atoms with Crippen LogP contribution in [0.25, 0.3) is 0 Å². The number of aryl methyl sites for hydroxylation is 1. The standard InChI is InChI=1S/C20H23N5O4/c1-12-16(29-15-9-10-21-18(11-15)23-13(2)26)7-8-17(22-12)24-20(28)25-19(27)14-5-3-4-6-14/h7-11,14H,3-6H2,1-2H3,(H,21,23,26)(H2,22,24,25,27,28). The minimum atomic E-state index is -0.600. The molecule has 3 N–H and O–H groups in total. The molecule has 0 spiro atoms. The van der Waals surface area contributed by atoms with E-state index in [-0.39, 0.29) is 17.7 Å². The Morgan fingerprint density at radius 3 is 2.52 bits per heavy atom. The van der Waals surface area contributed by atoms with Crippen LogP contribution in [0.15, 0.2) is 30.5 Å². The number of nitrogens with zero attached hydrogens (tertiary/aromatic N) is 2. The van der Waals surface area contributed by atoms with Crippen LogP contribution in [0, 0.1) is 12.8 Å². The average molecular weight is 397 g/mol. The lowest BCUT2D eigenvalue weighted by Crippen LogP contribution is -2.38. The van der Waals surface area contributed by atoms with E-state index in [9.17, 15) is 14.4 Å². The van der Waals surface area contributed by atoms with Gasteiger partial charge >= 0.3 is 6.03 Å². The Morgan fingerprint density at radius 1 is 1.07 bits per heavy atom. The van der Waals surface area contributed by atoms with Crippen molar-refractivity contribution >= 4 is 29.5 Å². The molecule has 2 heterocycles. The monoisotopic (exact) mass is 397 g/mol. The van der Waals surface area contributed by atoms with Crippen molar-refractivity contribution in [3.8, 4) is 11.5 Å². The molecule has 0 atom stereocenters. The zero-order valence-electron chi connectivity index (χ0n) is 16.3. The summed E-state index contributed by atoms with van der Waals surface area (Å²) in [5.74, 6) is 1.08. The van der Waals surface area contributed by atoms with Gasteiger partial charge in [-0.3, -0.25) is 20.2 Å². The van der Waals surface area contributed by atoms with Crippen LogP contribution in [0.3, 0.4) is 0 Å². The van der Waals surface area contributed by atoms with Crippen molar-refractivity contribution in [2.75, 3.05) is 10.6 Å². The van der Waals surface area contributed by atoms with Gasteiger partial charge < -0.3 is 10.1 Å². The molecule has 29 heavy (non-hydrogen) atoms. The van der Waals surface area contributed by atoms with Gasteiger partial charge in [-0.25, -0.2) is 14.8 Å². The van der Waals surface area contributed by atoms with Crippen molar-refractivity contribution in [3.63, 3.8) is 0 Å². The normalized spacial score (nSPS) is 13.6. The number of carbonyl (C=O) groups is 3. The molecule has 1 aliphatic rings. The van der Waals surface area contributed by atoms with Crippen molar-refractivity contribution in [1.82, 2.24) is 15.3 Å². The van der Waals surface area contributed by atoms with Crippen molar-refractivity contribution < 1.29 is 19.1 Å². The molecule has 2 aromatic heterocycles. The first-order valence-electron chi connectivity index (χ1n) is 9.41. The third-order valence-electron chi connectivity index (χ3n) is 4.50. The fraction of sp³-hybridized carbons (Fsp3) is 0.350. The number of anilines is 2. The van der Waals surface area contributed by atoms with Gasteiger partial charge in [0.2, 0.25) is 11.8 Å². The third-order valence-corrected chi connectivity index (χ3v) is 4.50. The highest BCUT2D eigenvalue weighted by atomic mass is 16.5. The van der Waals surface area contributed by atoms with Crippen molar-refractivity contribution in [2.45, 2.75) is 39.5 Å². The second-order valence-electron chi connectivity index (χ2n) is 6.86. The summed E-state index contributed by atoms with van der Waals surface area (Å²) in [4.78, 5) is 43.5. The molecule has 0 radical (unpaired) electrons. The summed E-state index contributed by atoms with van der Waals surface area (Å²) in [7, 11) is 0. The fourth-order valence-corrected chi connectivity index (χ4v) is 3.13. The van der Waals surface area contributed by atoms with E-state index in [1.54, 1.807) is 31.2 Å². The Bertz CT molecular complexity index is 925. The molecule has 0 bridgehead atoms. The zero-order chi connectivity index (χ0) is 20.8. The quantitative estimate of drug-likeness (QED) is 0.711. The van der Waals surface area contributed by atoms with Crippen LogP contribution < -0.4 is 20.7 Å². The molecule has 1 fully saturated rings. The van der Waals surface area contributed by atoms with Crippen LogP contribution in [-0.2, 0) is 9.59 Å². The summed E-state index contributed by atoms with van der Waals surface area (Å²) in [5.41, 5.74) is 0.544. The van der Waals surface area contributed by atoms with Gasteiger partial charge in [0, 0.05) is 25.1 Å². The predicted molar refractivity (Wildman–Crippen MR) is 107 cm³/mol. The number of ether oxygens (including phenoxy) is 1. The smallest absolute Gasteiger partial charge is 0.327 e. The van der Waals surface area contributed by atoms with E-state index in [0.29, 0.717) is 28.8 Å². The van der Waals surface area contributed by atoms with Crippen LogP contribution >= 0.6 is 0 Å². The molecule has 2 aromatic rings. The summed E-state index contributed by atoms with van der Waals surface area (Å²) in [6.45, 7) is 3.13. The summed E-state index contributed by atoms with van der Waals surface area (Å²) < 4.78 is 5.79. The maximum atomic E-state index is 12.0. The number of pyridine rings is 2. The first kappa shape index (κ1) is 20.2. The van der Waals surface area contributed by atoms with Gasteiger partial charge in [-0.1, -0.05) is 12.8 Å². The molecule has 0 aliphatic heterocycles. The van der Waals surface area contributed by atoms with E-state index in [4.69, 9.17) is 4.74 Å². The van der Waals surface area contributed by atoms with Crippen LogP contribution in [-0.4, -0.2) is 27.8 Å². The molecular weight excluding hydrogens is 374 g/mol. The number of imide groups is 1. The fourth-order valence-electron chi connectivity index (χ4n) is 3.13. The Labute approximate surface area is 168 Å². The number of rotatable bonds is 5. The number of aromatic nitrogens is 2. The second kappa shape index (κ2) is 9.13. The van der Waals surface area contributed by atoms with E-state index in [1.807, 2.05) is 0 Å². The maximum Gasteiger partial charge on any atom is 0.327 e. The molecule has 1 saturated carbocycles. The summed E-state index contributed by atoms with van der Waals surface area (Å²) in [6, 6.07) is 5.89. The minimum absolute atomic E-state index is 0.0889. The molecule has 0 aromatic carbocycles. The van der Waals surface area contributed by atoms with Gasteiger partial charge in [0.1, 0.15) is 23.1 Å². The highest BCUT2D eigenvalue weighted by Crippen LogP contribution is 2.27. The number of urea groups is 1. The summed E-state index contributed by atoms with van der Waals surface area (Å²) in [5, 5.41) is 7.51. The first-order valence-corrected chi connectivity index (χ1v) is 9.41. The molecule has 3 rings (SSSR count). The molecule has 0 unspecified atom stereocenters. The topological polar surface area (TPSA) is 122 Å². The van der Waals surface area contributed by atoms with Crippen LogP contribution in [0.1, 0.15) is 38.3 Å². The van der Waals surface area contributed by atoms with Gasteiger partial charge in [-0.2, -0.15) is 0 Å². The highest BCUT2D eigenvalue weighted by Gasteiger charge is 2.24. The highest BCUT2D eigenvalue weighted by molar-refractivity contribution is 6.01. The minimum Gasteiger partial charge on any atom is -0.455 e. The lowest BCUT2D eigenvalue weighted by atomic mass is 10.1. The number of carbonyl (C=O) groups excluding carboxylic acids is 3. The van der Waals surface area contributed by atoms with Gasteiger partial charge in [0.15, 0.2) is 0 Å². The van der Waals surface area contributed by atoms with Gasteiger partial charge in [-0.15, -0.1) is 0 Å². The van der Waals surface area contributed by atoms with Gasteiger partial charge in [0.25, 0.3) is 0 Å². The van der Waals surface area contributed by atoms with Crippen LogP contribution in [0.2, 0.25) is 0 Å². The lowest BCUT2D eigenvalue weighted by molar-refractivity contribution is -0.123. The van der Waals surface area contributed by atoms with E-state index >= 15 is 0 Å². The molecule has 152 valence electrons. The average Bonchev–Trinajstić information content (AvgIpc) is 3.18. The maximum absolute atomic E-state index is 12.0. The van der Waals surface area contributed by atoms with Crippen molar-refractivity contribution in [3.05, 3.63) is 36.2 Å². The largest absolute Gasteiger partial charge is 0.455 e. The van der Waals surface area contributed by atoms with E-state index in [0.717, 1.165) is 25.7 Å². The molecular formula is C20H23N5O4. The zero-order valence-corrected chi connectivity index (χ0v) is 16.3. The molecule has 1 aliphatic carbocycles. The Morgan fingerprint density at radius 2 is 1.83 bits per heavy atom. The molecule has 9 nitrogen and oxygen atoms in total. The Balaban J connectivity index is 1.60. The Hall–Kier alpha value is -3.49. The number of hydrogen-bond donors (Lipinski definition) is 3. The predicted octanol–water partition coefficient (Wildman–Crippen LogP) is 3.37. The van der Waals surface area contributed by atoms with E-state index < -0.39 is 6.03 Å². The van der Waals surface area contributed by atoms with Gasteiger partial charge in [0.05, 0.1) is 5.69 Å². The summed E-state index contributed by atoms with van der Waals surface area (Å²) >= 11 is 0. The van der Waals surface area contributed by atoms with Crippen LogP contribution in [0.4, 0.5) is 16.4 Å². The van der Waals surface area contributed by atoms with E-state index in [1.165, 1.54) is 13.1 Å². The second-order valence-corrected chi connectivity index (χ2v) is 6.86. The van der Waals surface area contributed by atoms with Gasteiger partial charge in [-0.05, 0) is 38.0 Å².